The first kappa shape index (κ1) is 28.6. The molecule has 3 N–H and O–H groups in total. The van der Waals surface area contributed by atoms with Crippen molar-refractivity contribution in [3.63, 3.8) is 0 Å². The molecule has 0 aliphatic carbocycles. The van der Waals surface area contributed by atoms with Crippen LogP contribution in [0.15, 0.2) is 0 Å². The molecule has 0 aliphatic heterocycles. The molecule has 0 heterocycles. The van der Waals surface area contributed by atoms with Crippen LogP contribution in [-0.2, 0) is 14.4 Å². The Bertz CT molecular complexity index is 378. The normalized spacial score (nSPS) is 10.4. The van der Waals surface area contributed by atoms with E-state index in [0.29, 0.717) is 6.42 Å². The van der Waals surface area contributed by atoms with E-state index in [1.807, 2.05) is 0 Å². The lowest BCUT2D eigenvalue weighted by atomic mass is 10.0. The summed E-state index contributed by atoms with van der Waals surface area (Å²) < 4.78 is 0. The molecule has 0 amide bonds. The zero-order valence-corrected chi connectivity index (χ0v) is 18.0. The number of hydrogen-bond donors (Lipinski definition) is 3. The number of rotatable bonds is 18. The molecule has 0 aliphatic rings. The van der Waals surface area contributed by atoms with Gasteiger partial charge in [0.15, 0.2) is 0 Å². The molecule has 0 aromatic heterocycles. The molecule has 0 bridgehead atoms. The summed E-state index contributed by atoms with van der Waals surface area (Å²) in [5, 5.41) is 24.3. The van der Waals surface area contributed by atoms with Gasteiger partial charge in [0.2, 0.25) is 0 Å². The number of carboxylic acid groups (broad SMARTS) is 3. The fourth-order valence-electron chi connectivity index (χ4n) is 2.81. The Morgan fingerprint density at radius 2 is 0.786 bits per heavy atom. The van der Waals surface area contributed by atoms with E-state index >= 15 is 0 Å². The Labute approximate surface area is 170 Å². The maximum atomic E-state index is 10.3. The first-order valence-electron chi connectivity index (χ1n) is 10.9. The highest BCUT2D eigenvalue weighted by molar-refractivity contribution is 5.75. The van der Waals surface area contributed by atoms with E-state index in [1.165, 1.54) is 70.6 Å². The van der Waals surface area contributed by atoms with Crippen molar-refractivity contribution < 1.29 is 29.7 Å². The predicted molar refractivity (Wildman–Crippen MR) is 112 cm³/mol. The van der Waals surface area contributed by atoms with Crippen molar-refractivity contribution in [2.75, 3.05) is 0 Å². The Morgan fingerprint density at radius 1 is 0.500 bits per heavy atom. The van der Waals surface area contributed by atoms with Gasteiger partial charge in [-0.3, -0.25) is 14.4 Å². The van der Waals surface area contributed by atoms with Crippen LogP contribution in [-0.4, -0.2) is 33.2 Å². The summed E-state index contributed by atoms with van der Waals surface area (Å²) in [6.45, 7) is 4.61. The van der Waals surface area contributed by atoms with Gasteiger partial charge in [0.25, 0.3) is 0 Å². The molecule has 0 spiro atoms. The second-order valence-corrected chi connectivity index (χ2v) is 7.86. The SMILES string of the molecule is CC(C)CCCCCCCCCCCCCCC(=O)O.O=C(O)CCC(=O)O. The average Bonchev–Trinajstić information content (AvgIpc) is 2.60. The van der Waals surface area contributed by atoms with Crippen molar-refractivity contribution in [1.29, 1.82) is 0 Å². The van der Waals surface area contributed by atoms with E-state index in [1.54, 1.807) is 0 Å². The van der Waals surface area contributed by atoms with Gasteiger partial charge >= 0.3 is 17.9 Å². The molecule has 0 radical (unpaired) electrons. The third-order valence-corrected chi connectivity index (χ3v) is 4.47. The van der Waals surface area contributed by atoms with Crippen LogP contribution in [0.1, 0.15) is 117 Å². The molecule has 6 nitrogen and oxygen atoms in total. The third-order valence-electron chi connectivity index (χ3n) is 4.47. The molecule has 0 fully saturated rings. The molecule has 0 saturated heterocycles. The summed E-state index contributed by atoms with van der Waals surface area (Å²) in [6, 6.07) is 0. The van der Waals surface area contributed by atoms with Crippen LogP contribution in [0.4, 0.5) is 0 Å². The number of carboxylic acids is 3. The molecular weight excluding hydrogens is 360 g/mol. The highest BCUT2D eigenvalue weighted by Crippen LogP contribution is 2.14. The van der Waals surface area contributed by atoms with E-state index < -0.39 is 17.9 Å². The van der Waals surface area contributed by atoms with E-state index in [0.717, 1.165) is 18.8 Å². The smallest absolute Gasteiger partial charge is 0.303 e. The quantitative estimate of drug-likeness (QED) is 0.238. The van der Waals surface area contributed by atoms with E-state index in [2.05, 4.69) is 13.8 Å². The standard InChI is InChI=1S/C18H36O2.C4H6O4/c1-17(2)15-13-11-9-7-5-3-4-6-8-10-12-14-16-18(19)20;5-3(6)1-2-4(7)8/h17H,3-16H2,1-2H3,(H,19,20);1-2H2,(H,5,6)(H,7,8). The van der Waals surface area contributed by atoms with Gasteiger partial charge in [-0.05, 0) is 12.3 Å². The number of unbranched alkanes of at least 4 members (excludes halogenated alkanes) is 11. The maximum Gasteiger partial charge on any atom is 0.303 e. The van der Waals surface area contributed by atoms with Crippen molar-refractivity contribution in [2.45, 2.75) is 117 Å². The first-order valence-corrected chi connectivity index (χ1v) is 10.9. The van der Waals surface area contributed by atoms with Crippen LogP contribution in [0.3, 0.4) is 0 Å². The lowest BCUT2D eigenvalue weighted by molar-refractivity contribution is -0.143. The first-order chi connectivity index (χ1) is 13.3. The predicted octanol–water partition coefficient (Wildman–Crippen LogP) is 6.12. The van der Waals surface area contributed by atoms with Crippen LogP contribution in [0.5, 0.6) is 0 Å². The van der Waals surface area contributed by atoms with Crippen molar-refractivity contribution in [2.24, 2.45) is 5.92 Å². The van der Waals surface area contributed by atoms with Crippen molar-refractivity contribution in [3.8, 4) is 0 Å². The van der Waals surface area contributed by atoms with Gasteiger partial charge in [0, 0.05) is 6.42 Å². The summed E-state index contributed by atoms with van der Waals surface area (Å²) in [5.74, 6) is -1.94. The largest absolute Gasteiger partial charge is 0.481 e. The number of hydrogen-bond acceptors (Lipinski definition) is 3. The van der Waals surface area contributed by atoms with E-state index in [4.69, 9.17) is 15.3 Å². The van der Waals surface area contributed by atoms with Gasteiger partial charge in [-0.15, -0.1) is 0 Å². The van der Waals surface area contributed by atoms with Crippen molar-refractivity contribution in [3.05, 3.63) is 0 Å². The zero-order valence-electron chi connectivity index (χ0n) is 18.0. The third kappa shape index (κ3) is 32.1. The van der Waals surface area contributed by atoms with Gasteiger partial charge in [-0.2, -0.15) is 0 Å². The molecular formula is C22H42O6. The van der Waals surface area contributed by atoms with Gasteiger partial charge < -0.3 is 15.3 Å². The minimum absolute atomic E-state index is 0.296. The molecule has 0 aromatic carbocycles. The molecule has 28 heavy (non-hydrogen) atoms. The van der Waals surface area contributed by atoms with Gasteiger partial charge in [0.1, 0.15) is 0 Å². The Hall–Kier alpha value is -1.59. The van der Waals surface area contributed by atoms with Crippen LogP contribution in [0.2, 0.25) is 0 Å². The topological polar surface area (TPSA) is 112 Å². The molecule has 166 valence electrons. The fraction of sp³-hybridized carbons (Fsp3) is 0.864. The highest BCUT2D eigenvalue weighted by Gasteiger charge is 2.00. The van der Waals surface area contributed by atoms with Gasteiger partial charge in [-0.1, -0.05) is 90.9 Å². The monoisotopic (exact) mass is 402 g/mol. The lowest BCUT2D eigenvalue weighted by Gasteiger charge is -2.04. The summed E-state index contributed by atoms with van der Waals surface area (Å²) in [6.07, 6.45) is 16.7. The van der Waals surface area contributed by atoms with Crippen LogP contribution >= 0.6 is 0 Å². The average molecular weight is 403 g/mol. The molecule has 0 unspecified atom stereocenters. The highest BCUT2D eigenvalue weighted by atomic mass is 16.4. The second-order valence-electron chi connectivity index (χ2n) is 7.86. The molecule has 0 atom stereocenters. The minimum Gasteiger partial charge on any atom is -0.481 e. The van der Waals surface area contributed by atoms with Gasteiger partial charge in [-0.25, -0.2) is 0 Å². The van der Waals surface area contributed by atoms with E-state index in [-0.39, 0.29) is 12.8 Å². The summed E-state index contributed by atoms with van der Waals surface area (Å²) in [5.41, 5.74) is 0. The maximum absolute atomic E-state index is 10.3. The molecule has 6 heteroatoms. The molecule has 0 aromatic rings. The van der Waals surface area contributed by atoms with Crippen LogP contribution in [0.25, 0.3) is 0 Å². The van der Waals surface area contributed by atoms with Gasteiger partial charge in [0.05, 0.1) is 12.8 Å². The fourth-order valence-corrected chi connectivity index (χ4v) is 2.81. The van der Waals surface area contributed by atoms with Crippen molar-refractivity contribution in [1.82, 2.24) is 0 Å². The molecule has 0 rings (SSSR count). The Kier molecular flexibility index (Phi) is 22.2. The summed E-state index contributed by atoms with van der Waals surface area (Å²) in [7, 11) is 0. The van der Waals surface area contributed by atoms with Crippen LogP contribution in [0, 0.1) is 5.92 Å². The van der Waals surface area contributed by atoms with E-state index in [9.17, 15) is 14.4 Å². The second kappa shape index (κ2) is 21.7. The Morgan fingerprint density at radius 3 is 1.07 bits per heavy atom. The number of carbonyl (C=O) groups is 3. The van der Waals surface area contributed by atoms with Crippen LogP contribution < -0.4 is 0 Å². The van der Waals surface area contributed by atoms with Crippen molar-refractivity contribution >= 4 is 17.9 Å². The zero-order chi connectivity index (χ0) is 21.6. The Balaban J connectivity index is 0. The molecule has 0 saturated carbocycles. The minimum atomic E-state index is -1.08. The summed E-state index contributed by atoms with van der Waals surface area (Å²) in [4.78, 5) is 29.6. The number of aliphatic carboxylic acids is 3. The lowest BCUT2D eigenvalue weighted by Crippen LogP contribution is -2.00. The summed E-state index contributed by atoms with van der Waals surface area (Å²) >= 11 is 0.